The molecule has 1 aromatic carbocycles. The number of carboxylic acid groups (broad SMARTS) is 1. The number of hydrogen-bond acceptors (Lipinski definition) is 4. The molecule has 2 aromatic rings. The third-order valence-corrected chi connectivity index (χ3v) is 4.61. The fourth-order valence-corrected chi connectivity index (χ4v) is 3.16. The molecular formula is C17H17ClN2O4. The number of hydrogen-bond donors (Lipinski definition) is 1. The van der Waals surface area contributed by atoms with E-state index in [1.54, 1.807) is 24.3 Å². The van der Waals surface area contributed by atoms with Crippen LogP contribution in [0, 0.1) is 5.92 Å². The molecule has 0 bridgehead atoms. The fourth-order valence-electron chi connectivity index (χ4n) is 2.93. The zero-order chi connectivity index (χ0) is 17.3. The number of carboxylic acids is 1. The van der Waals surface area contributed by atoms with Crippen LogP contribution in [-0.2, 0) is 4.79 Å². The Balaban J connectivity index is 1.85. The molecule has 1 fully saturated rings. The van der Waals surface area contributed by atoms with Gasteiger partial charge in [0.2, 0.25) is 0 Å². The van der Waals surface area contributed by atoms with E-state index in [2.05, 4.69) is 5.16 Å². The van der Waals surface area contributed by atoms with Crippen LogP contribution in [0.1, 0.15) is 30.3 Å². The molecule has 1 aromatic heterocycles. The number of benzene rings is 1. The van der Waals surface area contributed by atoms with E-state index in [-0.39, 0.29) is 11.6 Å². The lowest BCUT2D eigenvalue weighted by molar-refractivity contribution is -0.144. The summed E-state index contributed by atoms with van der Waals surface area (Å²) in [5, 5.41) is 13.7. The van der Waals surface area contributed by atoms with Crippen LogP contribution in [0.3, 0.4) is 0 Å². The van der Waals surface area contributed by atoms with Gasteiger partial charge in [0.1, 0.15) is 6.04 Å². The van der Waals surface area contributed by atoms with Crippen molar-refractivity contribution >= 4 is 23.5 Å². The summed E-state index contributed by atoms with van der Waals surface area (Å²) >= 11 is 6.12. The molecule has 0 aliphatic carbocycles. The van der Waals surface area contributed by atoms with Gasteiger partial charge in [0.05, 0.1) is 5.02 Å². The monoisotopic (exact) mass is 348 g/mol. The van der Waals surface area contributed by atoms with Crippen molar-refractivity contribution in [2.45, 2.75) is 25.8 Å². The van der Waals surface area contributed by atoms with E-state index >= 15 is 0 Å². The molecular weight excluding hydrogens is 332 g/mol. The minimum Gasteiger partial charge on any atom is -0.480 e. The summed E-state index contributed by atoms with van der Waals surface area (Å²) in [5.41, 5.74) is 0.721. The van der Waals surface area contributed by atoms with Gasteiger partial charge < -0.3 is 14.5 Å². The molecule has 1 N–H and O–H groups in total. The number of halogens is 1. The van der Waals surface area contributed by atoms with Crippen LogP contribution in [0.2, 0.25) is 5.02 Å². The van der Waals surface area contributed by atoms with E-state index < -0.39 is 17.9 Å². The molecule has 2 heterocycles. The number of aromatic nitrogens is 1. The second-order valence-corrected chi connectivity index (χ2v) is 6.45. The number of carbonyl (C=O) groups is 2. The van der Waals surface area contributed by atoms with E-state index in [1.165, 1.54) is 11.0 Å². The van der Waals surface area contributed by atoms with Gasteiger partial charge in [-0.05, 0) is 30.9 Å². The van der Waals surface area contributed by atoms with Crippen molar-refractivity contribution in [3.8, 4) is 11.3 Å². The van der Waals surface area contributed by atoms with Crippen LogP contribution in [0.4, 0.5) is 0 Å². The van der Waals surface area contributed by atoms with Crippen LogP contribution in [0.5, 0.6) is 0 Å². The molecule has 24 heavy (non-hydrogen) atoms. The number of aliphatic carboxylic acids is 1. The van der Waals surface area contributed by atoms with E-state index in [0.717, 1.165) is 6.42 Å². The Bertz CT molecular complexity index is 773. The van der Waals surface area contributed by atoms with Gasteiger partial charge in [0.15, 0.2) is 11.5 Å². The topological polar surface area (TPSA) is 83.6 Å². The molecule has 6 nitrogen and oxygen atoms in total. The van der Waals surface area contributed by atoms with Crippen LogP contribution < -0.4 is 0 Å². The Morgan fingerprint density at radius 3 is 2.83 bits per heavy atom. The van der Waals surface area contributed by atoms with Crippen molar-refractivity contribution in [2.24, 2.45) is 5.92 Å². The normalized spacial score (nSPS) is 20.8. The molecule has 0 radical (unpaired) electrons. The lowest BCUT2D eigenvalue weighted by atomic mass is 9.92. The average molecular weight is 349 g/mol. The summed E-state index contributed by atoms with van der Waals surface area (Å²) in [6.45, 7) is 2.38. The van der Waals surface area contributed by atoms with Gasteiger partial charge in [-0.1, -0.05) is 35.8 Å². The quantitative estimate of drug-likeness (QED) is 0.919. The van der Waals surface area contributed by atoms with Gasteiger partial charge in [-0.25, -0.2) is 4.79 Å². The van der Waals surface area contributed by atoms with Crippen molar-refractivity contribution in [2.75, 3.05) is 6.54 Å². The fraction of sp³-hybridized carbons (Fsp3) is 0.353. The first-order valence-corrected chi connectivity index (χ1v) is 8.10. The minimum atomic E-state index is -0.996. The van der Waals surface area contributed by atoms with E-state index in [1.807, 2.05) is 6.92 Å². The molecule has 2 atom stereocenters. The zero-order valence-corrected chi connectivity index (χ0v) is 13.9. The molecule has 1 aliphatic heterocycles. The number of nitrogens with zero attached hydrogens (tertiary/aromatic N) is 2. The predicted octanol–water partition coefficient (Wildman–Crippen LogP) is 3.32. The average Bonchev–Trinajstić information content (AvgIpc) is 3.04. The SMILES string of the molecule is CC1CCN(C(=O)c2cc(-c3ccccc3Cl)on2)C(C(=O)O)C1. The summed E-state index contributed by atoms with van der Waals surface area (Å²) in [7, 11) is 0. The lowest BCUT2D eigenvalue weighted by Gasteiger charge is -2.35. The first-order valence-electron chi connectivity index (χ1n) is 7.72. The highest BCUT2D eigenvalue weighted by Crippen LogP contribution is 2.29. The summed E-state index contributed by atoms with van der Waals surface area (Å²) in [5.74, 6) is -0.784. The number of carbonyl (C=O) groups excluding carboxylic acids is 1. The molecule has 0 saturated carbocycles. The number of piperidine rings is 1. The molecule has 3 rings (SSSR count). The molecule has 0 spiro atoms. The van der Waals surface area contributed by atoms with E-state index in [0.29, 0.717) is 29.3 Å². The van der Waals surface area contributed by atoms with Crippen molar-refractivity contribution in [1.82, 2.24) is 10.1 Å². The maximum absolute atomic E-state index is 12.7. The highest BCUT2D eigenvalue weighted by atomic mass is 35.5. The summed E-state index contributed by atoms with van der Waals surface area (Å²) in [6.07, 6.45) is 1.21. The molecule has 1 amide bonds. The summed E-state index contributed by atoms with van der Waals surface area (Å²) < 4.78 is 5.23. The molecule has 2 unspecified atom stereocenters. The third-order valence-electron chi connectivity index (χ3n) is 4.28. The number of amides is 1. The van der Waals surface area contributed by atoms with Gasteiger partial charge in [-0.15, -0.1) is 0 Å². The summed E-state index contributed by atoms with van der Waals surface area (Å²) in [4.78, 5) is 25.5. The van der Waals surface area contributed by atoms with Crippen molar-refractivity contribution in [3.63, 3.8) is 0 Å². The Morgan fingerprint density at radius 2 is 2.12 bits per heavy atom. The van der Waals surface area contributed by atoms with Gasteiger partial charge in [-0.2, -0.15) is 0 Å². The second kappa shape index (κ2) is 6.65. The first-order chi connectivity index (χ1) is 11.5. The second-order valence-electron chi connectivity index (χ2n) is 6.04. The van der Waals surface area contributed by atoms with Crippen LogP contribution in [0.25, 0.3) is 11.3 Å². The van der Waals surface area contributed by atoms with Gasteiger partial charge in [0, 0.05) is 18.2 Å². The highest BCUT2D eigenvalue weighted by molar-refractivity contribution is 6.33. The number of likely N-dealkylation sites (tertiary alicyclic amines) is 1. The van der Waals surface area contributed by atoms with Gasteiger partial charge >= 0.3 is 5.97 Å². The van der Waals surface area contributed by atoms with Crippen LogP contribution in [0.15, 0.2) is 34.9 Å². The first kappa shape index (κ1) is 16.5. The Kier molecular flexibility index (Phi) is 4.57. The maximum atomic E-state index is 12.7. The van der Waals surface area contributed by atoms with Gasteiger partial charge in [-0.3, -0.25) is 4.79 Å². The minimum absolute atomic E-state index is 0.0886. The summed E-state index contributed by atoms with van der Waals surface area (Å²) in [6, 6.07) is 7.74. The van der Waals surface area contributed by atoms with Crippen LogP contribution in [-0.4, -0.2) is 39.6 Å². The van der Waals surface area contributed by atoms with Crippen molar-refractivity contribution < 1.29 is 19.2 Å². The molecule has 126 valence electrons. The van der Waals surface area contributed by atoms with Crippen molar-refractivity contribution in [3.05, 3.63) is 41.0 Å². The molecule has 1 saturated heterocycles. The van der Waals surface area contributed by atoms with E-state index in [9.17, 15) is 14.7 Å². The third kappa shape index (κ3) is 3.14. The largest absolute Gasteiger partial charge is 0.480 e. The van der Waals surface area contributed by atoms with Crippen molar-refractivity contribution in [1.29, 1.82) is 0 Å². The standard InChI is InChI=1S/C17H17ClN2O4/c1-10-6-7-20(14(8-10)17(22)23)16(21)13-9-15(24-19-13)11-4-2-3-5-12(11)18/h2-5,9-10,14H,6-8H2,1H3,(H,22,23). The number of rotatable bonds is 3. The Hall–Kier alpha value is -2.34. The van der Waals surface area contributed by atoms with Crippen LogP contribution >= 0.6 is 11.6 Å². The maximum Gasteiger partial charge on any atom is 0.326 e. The molecule has 7 heteroatoms. The Morgan fingerprint density at radius 1 is 1.38 bits per heavy atom. The smallest absolute Gasteiger partial charge is 0.326 e. The Labute approximate surface area is 144 Å². The zero-order valence-electron chi connectivity index (χ0n) is 13.1. The van der Waals surface area contributed by atoms with Gasteiger partial charge in [0.25, 0.3) is 5.91 Å². The highest BCUT2D eigenvalue weighted by Gasteiger charge is 2.36. The van der Waals surface area contributed by atoms with E-state index in [4.69, 9.17) is 16.1 Å². The molecule has 1 aliphatic rings. The lowest BCUT2D eigenvalue weighted by Crippen LogP contribution is -2.49. The predicted molar refractivity (Wildman–Crippen MR) is 87.8 cm³/mol.